The second kappa shape index (κ2) is 5.57. The molecule has 0 fully saturated rings. The zero-order valence-corrected chi connectivity index (χ0v) is 11.0. The molecule has 1 atom stereocenters. The summed E-state index contributed by atoms with van der Waals surface area (Å²) in [4.78, 5) is 0. The van der Waals surface area contributed by atoms with Crippen LogP contribution in [0, 0.1) is 11.6 Å². The van der Waals surface area contributed by atoms with E-state index in [1.165, 1.54) is 6.07 Å². The van der Waals surface area contributed by atoms with Gasteiger partial charge in [-0.1, -0.05) is 6.07 Å². The Morgan fingerprint density at radius 3 is 2.71 bits per heavy atom. The molecule has 0 radical (unpaired) electrons. The third-order valence-corrected chi connectivity index (χ3v) is 3.20. The molecule has 0 saturated carbocycles. The van der Waals surface area contributed by atoms with Gasteiger partial charge in [0.25, 0.3) is 0 Å². The predicted molar refractivity (Wildman–Crippen MR) is 72.4 cm³/mol. The minimum absolute atomic E-state index is 0.0855. The van der Waals surface area contributed by atoms with Crippen molar-refractivity contribution in [2.45, 2.75) is 6.10 Å². The van der Waals surface area contributed by atoms with Crippen molar-refractivity contribution in [3.8, 4) is 11.5 Å². The number of anilines is 1. The number of hydrogen-bond acceptors (Lipinski definition) is 4. The number of ether oxygens (including phenoxy) is 2. The second-order valence-electron chi connectivity index (χ2n) is 4.63. The van der Waals surface area contributed by atoms with E-state index in [4.69, 9.17) is 9.47 Å². The normalized spacial score (nSPS) is 14.0. The Labute approximate surface area is 119 Å². The maximum atomic E-state index is 13.5. The van der Waals surface area contributed by atoms with Crippen LogP contribution >= 0.6 is 0 Å². The molecule has 21 heavy (non-hydrogen) atoms. The lowest BCUT2D eigenvalue weighted by Gasteiger charge is -2.14. The molecule has 0 saturated heterocycles. The van der Waals surface area contributed by atoms with Crippen LogP contribution in [0.4, 0.5) is 14.5 Å². The monoisotopic (exact) mass is 293 g/mol. The first-order valence-corrected chi connectivity index (χ1v) is 6.40. The third kappa shape index (κ3) is 2.90. The van der Waals surface area contributed by atoms with Crippen molar-refractivity contribution in [1.29, 1.82) is 0 Å². The maximum Gasteiger partial charge on any atom is 0.231 e. The lowest BCUT2D eigenvalue weighted by Crippen LogP contribution is -2.13. The standard InChI is InChI=1S/C15H13F2NO3/c16-10-2-3-12(11(17)6-10)18-7-13(19)9-1-4-14-15(5-9)21-8-20-14/h1-6,13,18-19H,7-8H2. The van der Waals surface area contributed by atoms with Crippen molar-refractivity contribution in [2.24, 2.45) is 0 Å². The molecule has 110 valence electrons. The van der Waals surface area contributed by atoms with Gasteiger partial charge in [-0.25, -0.2) is 8.78 Å². The molecule has 1 unspecified atom stereocenters. The van der Waals surface area contributed by atoms with Gasteiger partial charge in [-0.2, -0.15) is 0 Å². The zero-order valence-electron chi connectivity index (χ0n) is 11.0. The van der Waals surface area contributed by atoms with Crippen molar-refractivity contribution in [2.75, 3.05) is 18.7 Å². The van der Waals surface area contributed by atoms with Gasteiger partial charge in [0.15, 0.2) is 11.5 Å². The first kappa shape index (κ1) is 13.6. The molecule has 0 bridgehead atoms. The second-order valence-corrected chi connectivity index (χ2v) is 4.63. The highest BCUT2D eigenvalue weighted by atomic mass is 19.1. The van der Waals surface area contributed by atoms with Crippen LogP contribution in [0.15, 0.2) is 36.4 Å². The van der Waals surface area contributed by atoms with E-state index in [1.807, 2.05) is 0 Å². The van der Waals surface area contributed by atoms with Crippen molar-refractivity contribution in [3.05, 3.63) is 53.6 Å². The number of hydrogen-bond donors (Lipinski definition) is 2. The highest BCUT2D eigenvalue weighted by Gasteiger charge is 2.16. The first-order valence-electron chi connectivity index (χ1n) is 6.40. The third-order valence-electron chi connectivity index (χ3n) is 3.20. The summed E-state index contributed by atoms with van der Waals surface area (Å²) in [5.41, 5.74) is 0.755. The van der Waals surface area contributed by atoms with Crippen LogP contribution in [-0.4, -0.2) is 18.4 Å². The fourth-order valence-electron chi connectivity index (χ4n) is 2.08. The summed E-state index contributed by atoms with van der Waals surface area (Å²) in [7, 11) is 0. The van der Waals surface area contributed by atoms with Crippen LogP contribution < -0.4 is 14.8 Å². The van der Waals surface area contributed by atoms with Crippen LogP contribution in [0.25, 0.3) is 0 Å². The van der Waals surface area contributed by atoms with E-state index >= 15 is 0 Å². The number of rotatable bonds is 4. The number of aliphatic hydroxyl groups excluding tert-OH is 1. The summed E-state index contributed by atoms with van der Waals surface area (Å²) in [6.45, 7) is 0.246. The lowest BCUT2D eigenvalue weighted by atomic mass is 10.1. The van der Waals surface area contributed by atoms with E-state index in [2.05, 4.69) is 5.32 Å². The molecule has 2 aromatic rings. The van der Waals surface area contributed by atoms with Gasteiger partial charge in [0.1, 0.15) is 11.6 Å². The zero-order chi connectivity index (χ0) is 14.8. The van der Waals surface area contributed by atoms with Crippen LogP contribution in [0.2, 0.25) is 0 Å². The molecule has 1 heterocycles. The van der Waals surface area contributed by atoms with Crippen molar-refractivity contribution in [1.82, 2.24) is 0 Å². The molecule has 0 spiro atoms. The molecule has 0 amide bonds. The fraction of sp³-hybridized carbons (Fsp3) is 0.200. The first-order chi connectivity index (χ1) is 10.1. The van der Waals surface area contributed by atoms with Gasteiger partial charge >= 0.3 is 0 Å². The number of halogens is 2. The fourth-order valence-corrected chi connectivity index (χ4v) is 2.08. The largest absolute Gasteiger partial charge is 0.454 e. The molecule has 4 nitrogen and oxygen atoms in total. The van der Waals surface area contributed by atoms with Crippen molar-refractivity contribution < 1.29 is 23.4 Å². The molecule has 3 rings (SSSR count). The summed E-state index contributed by atoms with van der Waals surface area (Å²) in [6.07, 6.45) is -0.857. The highest BCUT2D eigenvalue weighted by Crippen LogP contribution is 2.34. The summed E-state index contributed by atoms with van der Waals surface area (Å²) >= 11 is 0. The van der Waals surface area contributed by atoms with E-state index < -0.39 is 17.7 Å². The van der Waals surface area contributed by atoms with Gasteiger partial charge in [-0.05, 0) is 29.8 Å². The number of benzene rings is 2. The average molecular weight is 293 g/mol. The summed E-state index contributed by atoms with van der Waals surface area (Å²) in [6, 6.07) is 8.32. The van der Waals surface area contributed by atoms with Gasteiger partial charge in [-0.15, -0.1) is 0 Å². The van der Waals surface area contributed by atoms with Crippen LogP contribution in [-0.2, 0) is 0 Å². The summed E-state index contributed by atoms with van der Waals surface area (Å²) in [5.74, 6) is -0.148. The van der Waals surface area contributed by atoms with Crippen LogP contribution in [0.1, 0.15) is 11.7 Å². The maximum absolute atomic E-state index is 13.5. The van der Waals surface area contributed by atoms with E-state index in [1.54, 1.807) is 18.2 Å². The van der Waals surface area contributed by atoms with Gasteiger partial charge in [0, 0.05) is 12.6 Å². The van der Waals surface area contributed by atoms with Crippen molar-refractivity contribution >= 4 is 5.69 Å². The molecule has 1 aliphatic heterocycles. The molecule has 6 heteroatoms. The highest BCUT2D eigenvalue weighted by molar-refractivity contribution is 5.47. The SMILES string of the molecule is OC(CNc1ccc(F)cc1F)c1ccc2c(c1)OCO2. The Bertz CT molecular complexity index is 663. The Morgan fingerprint density at radius 1 is 1.10 bits per heavy atom. The molecular formula is C15H13F2NO3. The topological polar surface area (TPSA) is 50.7 Å². The van der Waals surface area contributed by atoms with E-state index in [0.717, 1.165) is 12.1 Å². The Morgan fingerprint density at radius 2 is 1.90 bits per heavy atom. The smallest absolute Gasteiger partial charge is 0.231 e. The number of fused-ring (bicyclic) bond motifs is 1. The predicted octanol–water partition coefficient (Wildman–Crippen LogP) is 2.84. The Hall–Kier alpha value is -2.34. The Kier molecular flexibility index (Phi) is 3.62. The molecule has 1 aliphatic rings. The van der Waals surface area contributed by atoms with Crippen LogP contribution in [0.5, 0.6) is 11.5 Å². The lowest BCUT2D eigenvalue weighted by molar-refractivity contribution is 0.173. The minimum Gasteiger partial charge on any atom is -0.454 e. The van der Waals surface area contributed by atoms with Gasteiger partial charge in [0.2, 0.25) is 6.79 Å². The van der Waals surface area contributed by atoms with Crippen molar-refractivity contribution in [3.63, 3.8) is 0 Å². The average Bonchev–Trinajstić information content (AvgIpc) is 2.93. The van der Waals surface area contributed by atoms with E-state index in [-0.39, 0.29) is 19.0 Å². The minimum atomic E-state index is -0.857. The van der Waals surface area contributed by atoms with E-state index in [9.17, 15) is 13.9 Å². The molecule has 2 N–H and O–H groups in total. The number of aliphatic hydroxyl groups is 1. The van der Waals surface area contributed by atoms with Crippen LogP contribution in [0.3, 0.4) is 0 Å². The molecular weight excluding hydrogens is 280 g/mol. The number of nitrogens with one attached hydrogen (secondary N) is 1. The van der Waals surface area contributed by atoms with E-state index in [0.29, 0.717) is 17.1 Å². The molecule has 2 aromatic carbocycles. The van der Waals surface area contributed by atoms with Gasteiger partial charge in [0.05, 0.1) is 11.8 Å². The Balaban J connectivity index is 1.67. The quantitative estimate of drug-likeness (QED) is 0.910. The van der Waals surface area contributed by atoms with Gasteiger partial charge < -0.3 is 19.9 Å². The van der Waals surface area contributed by atoms with Gasteiger partial charge in [-0.3, -0.25) is 0 Å². The molecule has 0 aromatic heterocycles. The molecule has 0 aliphatic carbocycles. The summed E-state index contributed by atoms with van der Waals surface area (Å²) in [5, 5.41) is 12.8. The summed E-state index contributed by atoms with van der Waals surface area (Å²) < 4.78 is 36.7.